The number of carbonyl (C=O) groups is 5. The lowest BCUT2D eigenvalue weighted by molar-refractivity contribution is -0.166. The van der Waals surface area contributed by atoms with Gasteiger partial charge in [-0.1, -0.05) is 67.0 Å². The summed E-state index contributed by atoms with van der Waals surface area (Å²) in [6.07, 6.45) is 2.36. The van der Waals surface area contributed by atoms with Gasteiger partial charge in [-0.15, -0.1) is 11.8 Å². The van der Waals surface area contributed by atoms with Crippen molar-refractivity contribution in [3.63, 3.8) is 0 Å². The third kappa shape index (κ3) is 11.8. The number of aliphatic imine (C=N–C) groups is 1. The molecule has 324 valence electrons. The quantitative estimate of drug-likeness (QED) is 0.385. The van der Waals surface area contributed by atoms with E-state index >= 15 is 0 Å². The number of cyclic esters (lactones) is 1. The maximum Gasteiger partial charge on any atom is 0.329 e. The Hall–Kier alpha value is -3.65. The van der Waals surface area contributed by atoms with Crippen molar-refractivity contribution in [2.24, 2.45) is 28.2 Å². The van der Waals surface area contributed by atoms with Crippen LogP contribution in [0.25, 0.3) is 0 Å². The molecular formula is C44H69N5O8S. The van der Waals surface area contributed by atoms with Gasteiger partial charge >= 0.3 is 5.97 Å². The van der Waals surface area contributed by atoms with Crippen molar-refractivity contribution in [3.05, 3.63) is 29.8 Å². The number of hydrogen-bond acceptors (Lipinski definition) is 10. The molecule has 1 aromatic rings. The van der Waals surface area contributed by atoms with E-state index in [-0.39, 0.29) is 48.5 Å². The number of thioether (sulfide) groups is 1. The molecule has 1 fully saturated rings. The van der Waals surface area contributed by atoms with Gasteiger partial charge in [0, 0.05) is 45.2 Å². The number of hydrogen-bond donors (Lipinski definition) is 2. The van der Waals surface area contributed by atoms with Gasteiger partial charge in [0.15, 0.2) is 0 Å². The molecule has 0 saturated carbocycles. The molecule has 1 saturated heterocycles. The van der Waals surface area contributed by atoms with Gasteiger partial charge in [0.2, 0.25) is 23.6 Å². The summed E-state index contributed by atoms with van der Waals surface area (Å²) in [6, 6.07) is 3.51. The van der Waals surface area contributed by atoms with Crippen LogP contribution in [-0.4, -0.2) is 130 Å². The minimum atomic E-state index is -0.976. The number of aliphatic hydroxyl groups excluding tert-OH is 1. The number of nitrogens with zero attached hydrogens (tertiary/aromatic N) is 4. The number of ether oxygens (including phenoxy) is 2. The van der Waals surface area contributed by atoms with E-state index in [1.807, 2.05) is 53.7 Å². The van der Waals surface area contributed by atoms with Crippen LogP contribution in [0.4, 0.5) is 0 Å². The minimum Gasteiger partial charge on any atom is -0.497 e. The maximum atomic E-state index is 14.6. The van der Waals surface area contributed by atoms with Crippen LogP contribution >= 0.6 is 11.8 Å². The third-order valence-corrected chi connectivity index (χ3v) is 13.7. The average Bonchev–Trinajstić information content (AvgIpc) is 3.88. The number of methoxy groups -OCH3 is 1. The maximum absolute atomic E-state index is 14.6. The van der Waals surface area contributed by atoms with Crippen molar-refractivity contribution in [3.8, 4) is 5.75 Å². The Bertz CT molecular complexity index is 1630. The highest BCUT2D eigenvalue weighted by molar-refractivity contribution is 8.14. The number of esters is 1. The second-order valence-electron chi connectivity index (χ2n) is 18.0. The van der Waals surface area contributed by atoms with Crippen LogP contribution in [0.3, 0.4) is 0 Å². The Morgan fingerprint density at radius 3 is 2.28 bits per heavy atom. The van der Waals surface area contributed by atoms with Crippen LogP contribution in [0.5, 0.6) is 5.75 Å². The average molecular weight is 828 g/mol. The standard InChI is InChI=1S/C44H69N5O8S/c1-12-27(3)38-42(54)49-21-13-14-34(49)43(55)57-36(44(6,7)8)23-26(2)22-35(50)28(4)39-45-31(25-58-39)17-20-37(51)46-33(24-30-15-18-32(56-11)19-16-30)41(53)47(9)29(5)40(52)48(38)10/h15-16,18-19,26-29,31,33-36,38,50H,12-14,17,20-25H2,1-11H3,(H,46,51)/t26-,27-,28-,29-,31?,33-,34-,35-,36-,38-/m0/s1. The van der Waals surface area contributed by atoms with E-state index in [1.165, 1.54) is 9.80 Å². The zero-order valence-electron chi connectivity index (χ0n) is 36.7. The summed E-state index contributed by atoms with van der Waals surface area (Å²) in [4.78, 5) is 80.0. The fraction of sp³-hybridized carbons (Fsp3) is 0.727. The van der Waals surface area contributed by atoms with E-state index in [4.69, 9.17) is 14.5 Å². The lowest BCUT2D eigenvalue weighted by Gasteiger charge is -2.39. The topological polar surface area (TPSA) is 158 Å². The predicted molar refractivity (Wildman–Crippen MR) is 227 cm³/mol. The third-order valence-electron chi connectivity index (χ3n) is 12.4. The van der Waals surface area contributed by atoms with Crippen molar-refractivity contribution < 1.29 is 38.6 Å². The molecule has 0 spiro atoms. The monoisotopic (exact) mass is 827 g/mol. The first-order valence-corrected chi connectivity index (χ1v) is 22.1. The number of benzene rings is 1. The van der Waals surface area contributed by atoms with Crippen LogP contribution < -0.4 is 10.1 Å². The Kier molecular flexibility index (Phi) is 16.7. The first kappa shape index (κ1) is 47.0. The van der Waals surface area contributed by atoms with E-state index in [0.717, 1.165) is 10.6 Å². The summed E-state index contributed by atoms with van der Waals surface area (Å²) < 4.78 is 11.6. The summed E-state index contributed by atoms with van der Waals surface area (Å²) in [6.45, 7) is 16.0. The summed E-state index contributed by atoms with van der Waals surface area (Å²) in [7, 11) is 4.70. The molecule has 3 aliphatic rings. The normalized spacial score (nSPS) is 31.2. The SMILES string of the molecule is CC[C@H](C)[C@H]1C(=O)N2CCC[C@H]2C(=O)O[C@H](C(C)(C)C)C[C@@H](C)C[C@H](O)[C@H](C)C2=NC(CCC(=O)N[C@@H](Cc3ccc(OC)cc3)C(=O)N(C)[C@@H](C)C(=O)N1C)CS2. The summed E-state index contributed by atoms with van der Waals surface area (Å²) in [5.74, 6) is -1.06. The van der Waals surface area contributed by atoms with Gasteiger partial charge in [0.25, 0.3) is 0 Å². The Balaban J connectivity index is 1.69. The van der Waals surface area contributed by atoms with Crippen molar-refractivity contribution in [2.45, 2.75) is 149 Å². The Morgan fingerprint density at radius 2 is 1.66 bits per heavy atom. The van der Waals surface area contributed by atoms with Gasteiger partial charge in [0.05, 0.1) is 24.3 Å². The number of carbonyl (C=O) groups excluding carboxylic acids is 5. The second kappa shape index (κ2) is 20.5. The number of amides is 4. The zero-order valence-corrected chi connectivity index (χ0v) is 37.5. The molecule has 0 aliphatic carbocycles. The molecule has 1 unspecified atom stereocenters. The molecule has 3 aliphatic heterocycles. The van der Waals surface area contributed by atoms with Gasteiger partial charge in [-0.25, -0.2) is 4.79 Å². The van der Waals surface area contributed by atoms with Crippen molar-refractivity contribution in [2.75, 3.05) is 33.5 Å². The largest absolute Gasteiger partial charge is 0.497 e. The number of aliphatic hydroxyl groups is 1. The van der Waals surface area contributed by atoms with Crippen LogP contribution in [0.15, 0.2) is 29.3 Å². The molecule has 4 rings (SSSR count). The molecular weight excluding hydrogens is 759 g/mol. The predicted octanol–water partition coefficient (Wildman–Crippen LogP) is 5.11. The number of rotatable bonds is 5. The molecule has 10 atom stereocenters. The molecule has 0 radical (unpaired) electrons. The van der Waals surface area contributed by atoms with Crippen LogP contribution in [-0.2, 0) is 35.1 Å². The summed E-state index contributed by atoms with van der Waals surface area (Å²) in [5, 5.41) is 15.2. The van der Waals surface area contributed by atoms with E-state index in [1.54, 1.807) is 56.9 Å². The van der Waals surface area contributed by atoms with Crippen LogP contribution in [0, 0.1) is 23.2 Å². The second-order valence-corrected chi connectivity index (χ2v) is 19.0. The van der Waals surface area contributed by atoms with Crippen molar-refractivity contribution in [1.29, 1.82) is 0 Å². The molecule has 58 heavy (non-hydrogen) atoms. The molecule has 14 heteroatoms. The summed E-state index contributed by atoms with van der Waals surface area (Å²) >= 11 is 1.60. The molecule has 0 aromatic heterocycles. The Labute approximate surface area is 350 Å². The molecule has 1 aromatic carbocycles. The molecule has 2 N–H and O–H groups in total. The van der Waals surface area contributed by atoms with Gasteiger partial charge in [-0.2, -0.15) is 0 Å². The zero-order chi connectivity index (χ0) is 43.1. The van der Waals surface area contributed by atoms with Crippen molar-refractivity contribution in [1.82, 2.24) is 20.0 Å². The van der Waals surface area contributed by atoms with E-state index in [0.29, 0.717) is 56.6 Å². The van der Waals surface area contributed by atoms with E-state index < -0.39 is 59.6 Å². The highest BCUT2D eigenvalue weighted by Crippen LogP contribution is 2.34. The number of fused-ring (bicyclic) bond motifs is 2. The molecule has 3 heterocycles. The highest BCUT2D eigenvalue weighted by atomic mass is 32.2. The fourth-order valence-corrected chi connectivity index (χ4v) is 9.38. The lowest BCUT2D eigenvalue weighted by Crippen LogP contribution is -2.59. The first-order chi connectivity index (χ1) is 27.3. The van der Waals surface area contributed by atoms with Crippen LogP contribution in [0.1, 0.15) is 106 Å². The molecule has 4 amide bonds. The highest BCUT2D eigenvalue weighted by Gasteiger charge is 2.44. The lowest BCUT2D eigenvalue weighted by atomic mass is 9.81. The van der Waals surface area contributed by atoms with Gasteiger partial charge in [-0.3, -0.25) is 24.2 Å². The summed E-state index contributed by atoms with van der Waals surface area (Å²) in [5.41, 5.74) is 0.396. The minimum absolute atomic E-state index is 0.0138. The smallest absolute Gasteiger partial charge is 0.329 e. The van der Waals surface area contributed by atoms with Gasteiger partial charge in [-0.05, 0) is 74.0 Å². The number of nitrogens with one attached hydrogen (secondary N) is 1. The first-order valence-electron chi connectivity index (χ1n) is 21.1. The Morgan fingerprint density at radius 1 is 0.983 bits per heavy atom. The molecule has 2 bridgehead atoms. The van der Waals surface area contributed by atoms with E-state index in [2.05, 4.69) is 12.2 Å². The number of likely N-dealkylation sites (N-methyl/N-ethyl adjacent to an activating group) is 2. The fourth-order valence-electron chi connectivity index (χ4n) is 8.13. The van der Waals surface area contributed by atoms with Crippen molar-refractivity contribution >= 4 is 46.4 Å². The van der Waals surface area contributed by atoms with E-state index in [9.17, 15) is 29.1 Å². The molecule has 13 nitrogen and oxygen atoms in total. The van der Waals surface area contributed by atoms with Crippen LogP contribution in [0.2, 0.25) is 0 Å². The van der Waals surface area contributed by atoms with Gasteiger partial charge < -0.3 is 34.6 Å². The van der Waals surface area contributed by atoms with Gasteiger partial charge in [0.1, 0.15) is 36.0 Å².